The van der Waals surface area contributed by atoms with E-state index >= 15 is 0 Å². The molecule has 1 N–H and O–H groups in total. The van der Waals surface area contributed by atoms with Gasteiger partial charge in [-0.15, -0.1) is 10.2 Å². The summed E-state index contributed by atoms with van der Waals surface area (Å²) in [7, 11) is 0. The molecule has 0 atom stereocenters. The largest absolute Gasteiger partial charge is 0.418 e. The van der Waals surface area contributed by atoms with Gasteiger partial charge in [0.1, 0.15) is 0 Å². The van der Waals surface area contributed by atoms with E-state index in [2.05, 4.69) is 15.5 Å². The highest BCUT2D eigenvalue weighted by Gasteiger charge is 2.33. The number of rotatable bonds is 7. The molecule has 4 rings (SSSR count). The first kappa shape index (κ1) is 22.8. The monoisotopic (exact) mass is 475 g/mol. The summed E-state index contributed by atoms with van der Waals surface area (Å²) in [4.78, 5) is 25.4. The number of aromatic nitrogens is 4. The standard InChI is InChI=1S/C22H20F3N5O2S/c1-2-3-12-29-19(32)14-8-4-7-11-17(14)30-20(29)27-28-21(30)33-13-18(31)26-16-10-6-5-9-15(16)22(23,24)25/h4-11H,2-3,12-13H2,1H3,(H,26,31). The van der Waals surface area contributed by atoms with E-state index in [0.717, 1.165) is 30.7 Å². The molecule has 0 bridgehead atoms. The number of halogens is 3. The number of alkyl halides is 3. The number of benzene rings is 2. The maximum Gasteiger partial charge on any atom is 0.418 e. The highest BCUT2D eigenvalue weighted by molar-refractivity contribution is 7.99. The van der Waals surface area contributed by atoms with Crippen molar-refractivity contribution in [1.82, 2.24) is 19.2 Å². The van der Waals surface area contributed by atoms with Crippen molar-refractivity contribution >= 4 is 40.0 Å². The van der Waals surface area contributed by atoms with Crippen molar-refractivity contribution in [3.63, 3.8) is 0 Å². The van der Waals surface area contributed by atoms with Crippen molar-refractivity contribution in [1.29, 1.82) is 0 Å². The molecule has 2 aromatic carbocycles. The first-order valence-corrected chi connectivity index (χ1v) is 11.3. The van der Waals surface area contributed by atoms with E-state index in [0.29, 0.717) is 28.4 Å². The van der Waals surface area contributed by atoms with Crippen LogP contribution in [0.2, 0.25) is 0 Å². The van der Waals surface area contributed by atoms with Crippen LogP contribution in [0.25, 0.3) is 16.7 Å². The van der Waals surface area contributed by atoms with E-state index in [9.17, 15) is 22.8 Å². The summed E-state index contributed by atoms with van der Waals surface area (Å²) in [5.74, 6) is -0.440. The third-order valence-corrected chi connectivity index (χ3v) is 5.98. The maximum absolute atomic E-state index is 13.2. The molecule has 2 aromatic heterocycles. The van der Waals surface area contributed by atoms with Crippen molar-refractivity contribution in [3.05, 3.63) is 64.4 Å². The van der Waals surface area contributed by atoms with Gasteiger partial charge in [-0.2, -0.15) is 13.2 Å². The fourth-order valence-electron chi connectivity index (χ4n) is 3.50. The number of unbranched alkanes of at least 4 members (excludes halogenated alkanes) is 1. The molecular formula is C22H20F3N5O2S. The highest BCUT2D eigenvalue weighted by atomic mass is 32.2. The van der Waals surface area contributed by atoms with Crippen molar-refractivity contribution in [2.24, 2.45) is 0 Å². The van der Waals surface area contributed by atoms with Crippen LogP contribution in [-0.4, -0.2) is 30.8 Å². The Kier molecular flexibility index (Phi) is 6.41. The lowest BCUT2D eigenvalue weighted by Gasteiger charge is -2.13. The second-order valence-corrected chi connectivity index (χ2v) is 8.27. The molecule has 1 amide bonds. The Labute approximate surface area is 190 Å². The first-order chi connectivity index (χ1) is 15.8. The zero-order chi connectivity index (χ0) is 23.6. The summed E-state index contributed by atoms with van der Waals surface area (Å²) in [6, 6.07) is 11.8. The van der Waals surface area contributed by atoms with Gasteiger partial charge in [0, 0.05) is 6.54 Å². The van der Waals surface area contributed by atoms with E-state index in [4.69, 9.17) is 0 Å². The number of para-hydroxylation sites is 2. The Balaban J connectivity index is 1.64. The van der Waals surface area contributed by atoms with Crippen LogP contribution in [-0.2, 0) is 17.5 Å². The predicted octanol–water partition coefficient (Wildman–Crippen LogP) is 4.59. The van der Waals surface area contributed by atoms with Crippen LogP contribution < -0.4 is 10.9 Å². The van der Waals surface area contributed by atoms with Gasteiger partial charge in [0.15, 0.2) is 5.16 Å². The number of carbonyl (C=O) groups excluding carboxylic acids is 1. The minimum absolute atomic E-state index is 0.169. The van der Waals surface area contributed by atoms with Crippen molar-refractivity contribution in [2.45, 2.75) is 37.6 Å². The number of fused-ring (bicyclic) bond motifs is 3. The van der Waals surface area contributed by atoms with E-state index in [1.807, 2.05) is 6.92 Å². The van der Waals surface area contributed by atoms with E-state index in [1.165, 1.54) is 18.2 Å². The van der Waals surface area contributed by atoms with Gasteiger partial charge in [-0.25, -0.2) is 0 Å². The molecule has 4 aromatic rings. The third kappa shape index (κ3) is 4.58. The average Bonchev–Trinajstić information content (AvgIpc) is 3.21. The summed E-state index contributed by atoms with van der Waals surface area (Å²) in [6.07, 6.45) is -2.91. The normalized spacial score (nSPS) is 11.9. The van der Waals surface area contributed by atoms with Gasteiger partial charge in [-0.05, 0) is 30.7 Å². The Bertz CT molecular complexity index is 1380. The molecule has 33 heavy (non-hydrogen) atoms. The lowest BCUT2D eigenvalue weighted by Crippen LogP contribution is -2.23. The number of hydrogen-bond acceptors (Lipinski definition) is 5. The van der Waals surface area contributed by atoms with E-state index in [1.54, 1.807) is 33.2 Å². The number of amides is 1. The van der Waals surface area contributed by atoms with Gasteiger partial charge in [-0.3, -0.25) is 18.6 Å². The average molecular weight is 475 g/mol. The van der Waals surface area contributed by atoms with Gasteiger partial charge >= 0.3 is 6.18 Å². The summed E-state index contributed by atoms with van der Waals surface area (Å²) < 4.78 is 42.8. The van der Waals surface area contributed by atoms with Gasteiger partial charge in [0.05, 0.1) is 27.9 Å². The lowest BCUT2D eigenvalue weighted by atomic mass is 10.1. The second kappa shape index (κ2) is 9.26. The highest BCUT2D eigenvalue weighted by Crippen LogP contribution is 2.34. The van der Waals surface area contributed by atoms with Crippen LogP contribution in [0, 0.1) is 0 Å². The number of anilines is 1. The van der Waals surface area contributed by atoms with Crippen LogP contribution in [0.15, 0.2) is 58.5 Å². The molecule has 0 radical (unpaired) electrons. The van der Waals surface area contributed by atoms with Crippen molar-refractivity contribution < 1.29 is 18.0 Å². The van der Waals surface area contributed by atoms with Crippen LogP contribution in [0.1, 0.15) is 25.3 Å². The molecule has 0 fully saturated rings. The fourth-order valence-corrected chi connectivity index (χ4v) is 4.24. The van der Waals surface area contributed by atoms with Gasteiger partial charge in [0.2, 0.25) is 11.7 Å². The van der Waals surface area contributed by atoms with Gasteiger partial charge in [-0.1, -0.05) is 49.4 Å². The molecule has 0 unspecified atom stereocenters. The molecule has 172 valence electrons. The predicted molar refractivity (Wildman–Crippen MR) is 120 cm³/mol. The van der Waals surface area contributed by atoms with Crippen LogP contribution in [0.4, 0.5) is 18.9 Å². The smallest absolute Gasteiger partial charge is 0.325 e. The lowest BCUT2D eigenvalue weighted by molar-refractivity contribution is -0.137. The van der Waals surface area contributed by atoms with Crippen molar-refractivity contribution in [3.8, 4) is 0 Å². The fraction of sp³-hybridized carbons (Fsp3) is 0.273. The van der Waals surface area contributed by atoms with Crippen LogP contribution >= 0.6 is 11.8 Å². The Hall–Kier alpha value is -3.34. The minimum Gasteiger partial charge on any atom is -0.325 e. The number of nitrogens with zero attached hydrogens (tertiary/aromatic N) is 4. The topological polar surface area (TPSA) is 81.3 Å². The number of thioether (sulfide) groups is 1. The zero-order valence-corrected chi connectivity index (χ0v) is 18.4. The molecule has 0 spiro atoms. The molecule has 0 aliphatic rings. The molecule has 11 heteroatoms. The molecule has 0 saturated heterocycles. The van der Waals surface area contributed by atoms with Crippen molar-refractivity contribution in [2.75, 3.05) is 11.1 Å². The van der Waals surface area contributed by atoms with Gasteiger partial charge in [0.25, 0.3) is 5.56 Å². The molecule has 0 aliphatic carbocycles. The van der Waals surface area contributed by atoms with Crippen LogP contribution in [0.3, 0.4) is 0 Å². The molecule has 0 aliphatic heterocycles. The van der Waals surface area contributed by atoms with E-state index < -0.39 is 17.6 Å². The summed E-state index contributed by atoms with van der Waals surface area (Å²) in [5.41, 5.74) is -0.791. The molecule has 2 heterocycles. The Morgan fingerprint density at radius 3 is 2.58 bits per heavy atom. The summed E-state index contributed by atoms with van der Waals surface area (Å²) >= 11 is 1.03. The SMILES string of the molecule is CCCCn1c(=O)c2ccccc2n2c(SCC(=O)Nc3ccccc3C(F)(F)F)nnc12. The van der Waals surface area contributed by atoms with Gasteiger partial charge < -0.3 is 5.32 Å². The first-order valence-electron chi connectivity index (χ1n) is 10.3. The number of hydrogen-bond donors (Lipinski definition) is 1. The Morgan fingerprint density at radius 1 is 1.09 bits per heavy atom. The zero-order valence-electron chi connectivity index (χ0n) is 17.6. The second-order valence-electron chi connectivity index (χ2n) is 7.33. The number of nitrogens with one attached hydrogen (secondary N) is 1. The third-order valence-electron chi connectivity index (χ3n) is 5.05. The van der Waals surface area contributed by atoms with E-state index in [-0.39, 0.29) is 17.0 Å². The Morgan fingerprint density at radius 2 is 1.82 bits per heavy atom. The maximum atomic E-state index is 13.2. The molecule has 0 saturated carbocycles. The molecule has 7 nitrogen and oxygen atoms in total. The van der Waals surface area contributed by atoms with Crippen LogP contribution in [0.5, 0.6) is 0 Å². The number of aryl methyl sites for hydroxylation is 1. The molecular weight excluding hydrogens is 455 g/mol. The summed E-state index contributed by atoms with van der Waals surface area (Å²) in [6.45, 7) is 2.49. The quantitative estimate of drug-likeness (QED) is 0.396. The summed E-state index contributed by atoms with van der Waals surface area (Å²) in [5, 5.41) is 11.5. The number of carbonyl (C=O) groups is 1. The minimum atomic E-state index is -4.58.